The minimum Gasteiger partial charge on any atom is -0.345 e. The van der Waals surface area contributed by atoms with Crippen LogP contribution >= 0.6 is 23.8 Å². The first kappa shape index (κ1) is 21.6. The van der Waals surface area contributed by atoms with Crippen LogP contribution in [-0.4, -0.2) is 41.4 Å². The SMILES string of the molecule is CN1C(=O)C(NC(=S)N2CCc3ccccc3C2)N=C(c2ccccc2)c2cc(Cl)ccc21. The van der Waals surface area contributed by atoms with Gasteiger partial charge >= 0.3 is 0 Å². The lowest BCUT2D eigenvalue weighted by Gasteiger charge is -2.32. The summed E-state index contributed by atoms with van der Waals surface area (Å²) in [5.41, 5.74) is 5.79. The Balaban J connectivity index is 1.49. The number of rotatable bonds is 2. The Bertz CT molecular complexity index is 1260. The molecule has 0 aromatic heterocycles. The Kier molecular flexibility index (Phi) is 5.87. The van der Waals surface area contributed by atoms with Crippen LogP contribution in [-0.2, 0) is 17.8 Å². The molecule has 1 amide bonds. The Morgan fingerprint density at radius 2 is 1.79 bits per heavy atom. The molecule has 0 fully saturated rings. The molecule has 1 N–H and O–H groups in total. The van der Waals surface area contributed by atoms with Crippen molar-refractivity contribution in [1.29, 1.82) is 0 Å². The minimum atomic E-state index is -0.846. The molecule has 0 radical (unpaired) electrons. The number of hydrogen-bond acceptors (Lipinski definition) is 3. The van der Waals surface area contributed by atoms with Crippen molar-refractivity contribution >= 4 is 46.2 Å². The summed E-state index contributed by atoms with van der Waals surface area (Å²) in [5.74, 6) is -0.177. The van der Waals surface area contributed by atoms with Crippen LogP contribution in [0.15, 0.2) is 77.8 Å². The average Bonchev–Trinajstić information content (AvgIpc) is 2.94. The molecule has 5 nitrogen and oxygen atoms in total. The summed E-state index contributed by atoms with van der Waals surface area (Å²) in [7, 11) is 1.76. The van der Waals surface area contributed by atoms with Gasteiger partial charge in [-0.1, -0.05) is 66.2 Å². The molecule has 0 spiro atoms. The van der Waals surface area contributed by atoms with E-state index in [0.29, 0.717) is 22.4 Å². The Hall–Kier alpha value is -3.22. The van der Waals surface area contributed by atoms with E-state index in [1.807, 2.05) is 48.5 Å². The fourth-order valence-corrected chi connectivity index (χ4v) is 4.78. The summed E-state index contributed by atoms with van der Waals surface area (Å²) in [6.45, 7) is 1.51. The van der Waals surface area contributed by atoms with E-state index >= 15 is 0 Å². The third-order valence-electron chi connectivity index (χ3n) is 6.12. The van der Waals surface area contributed by atoms with Gasteiger partial charge in [-0.25, -0.2) is 4.99 Å². The second-order valence-electron chi connectivity index (χ2n) is 8.19. The molecular weight excluding hydrogens is 452 g/mol. The van der Waals surface area contributed by atoms with E-state index < -0.39 is 6.17 Å². The Labute approximate surface area is 203 Å². The quantitative estimate of drug-likeness (QED) is 0.559. The smallest absolute Gasteiger partial charge is 0.272 e. The zero-order chi connectivity index (χ0) is 22.9. The van der Waals surface area contributed by atoms with Gasteiger partial charge in [0.25, 0.3) is 5.91 Å². The van der Waals surface area contributed by atoms with Crippen LogP contribution in [0.4, 0.5) is 5.69 Å². The standard InChI is InChI=1S/C26H23ClN4OS/c1-30-22-12-11-20(27)15-21(22)23(18-8-3-2-4-9-18)28-24(25(30)32)29-26(33)31-14-13-17-7-5-6-10-19(17)16-31/h2-12,15,24H,13-14,16H2,1H3,(H,29,33). The van der Waals surface area contributed by atoms with Gasteiger partial charge in [-0.15, -0.1) is 0 Å². The van der Waals surface area contributed by atoms with E-state index in [9.17, 15) is 4.79 Å². The highest BCUT2D eigenvalue weighted by Gasteiger charge is 2.31. The number of anilines is 1. The largest absolute Gasteiger partial charge is 0.345 e. The lowest BCUT2D eigenvalue weighted by atomic mass is 10.0. The zero-order valence-corrected chi connectivity index (χ0v) is 19.7. The molecule has 5 rings (SSSR count). The molecule has 3 aromatic rings. The highest BCUT2D eigenvalue weighted by atomic mass is 35.5. The van der Waals surface area contributed by atoms with Crippen LogP contribution in [0.1, 0.15) is 22.3 Å². The van der Waals surface area contributed by atoms with E-state index in [1.54, 1.807) is 18.0 Å². The summed E-state index contributed by atoms with van der Waals surface area (Å²) in [4.78, 5) is 22.0. The summed E-state index contributed by atoms with van der Waals surface area (Å²) in [6.07, 6.45) is 0.0694. The molecule has 3 aromatic carbocycles. The third kappa shape index (κ3) is 4.24. The fraction of sp³-hybridized carbons (Fsp3) is 0.192. The highest BCUT2D eigenvalue weighted by Crippen LogP contribution is 2.30. The van der Waals surface area contributed by atoms with Crippen molar-refractivity contribution in [3.63, 3.8) is 0 Å². The molecule has 2 aliphatic heterocycles. The predicted octanol–water partition coefficient (Wildman–Crippen LogP) is 4.41. The number of carbonyl (C=O) groups excluding carboxylic acids is 1. The van der Waals surface area contributed by atoms with Gasteiger partial charge in [0.1, 0.15) is 0 Å². The molecule has 166 valence electrons. The maximum absolute atomic E-state index is 13.4. The summed E-state index contributed by atoms with van der Waals surface area (Å²) in [6, 6.07) is 23.7. The first-order valence-corrected chi connectivity index (χ1v) is 11.6. The van der Waals surface area contributed by atoms with E-state index in [2.05, 4.69) is 28.4 Å². The van der Waals surface area contributed by atoms with Crippen molar-refractivity contribution in [2.75, 3.05) is 18.5 Å². The maximum atomic E-state index is 13.4. The first-order chi connectivity index (χ1) is 16.0. The molecule has 0 bridgehead atoms. The normalized spacial score (nSPS) is 17.6. The number of carbonyl (C=O) groups is 1. The van der Waals surface area contributed by atoms with Crippen LogP contribution in [0, 0.1) is 0 Å². The number of benzodiazepines with no additional fused rings is 1. The Morgan fingerprint density at radius 3 is 2.58 bits per heavy atom. The van der Waals surface area contributed by atoms with Gasteiger partial charge in [0, 0.05) is 36.3 Å². The minimum absolute atomic E-state index is 0.177. The summed E-state index contributed by atoms with van der Waals surface area (Å²) >= 11 is 12.1. The lowest BCUT2D eigenvalue weighted by Crippen LogP contribution is -2.51. The van der Waals surface area contributed by atoms with E-state index in [0.717, 1.165) is 29.8 Å². The van der Waals surface area contributed by atoms with Crippen LogP contribution in [0.5, 0.6) is 0 Å². The highest BCUT2D eigenvalue weighted by molar-refractivity contribution is 7.80. The van der Waals surface area contributed by atoms with Gasteiger partial charge in [-0.2, -0.15) is 0 Å². The molecule has 7 heteroatoms. The van der Waals surface area contributed by atoms with E-state index in [-0.39, 0.29) is 5.91 Å². The predicted molar refractivity (Wildman–Crippen MR) is 137 cm³/mol. The lowest BCUT2D eigenvalue weighted by molar-refractivity contribution is -0.119. The number of fused-ring (bicyclic) bond motifs is 2. The van der Waals surface area contributed by atoms with Gasteiger partial charge in [-0.3, -0.25) is 4.79 Å². The van der Waals surface area contributed by atoms with E-state index in [4.69, 9.17) is 28.8 Å². The van der Waals surface area contributed by atoms with E-state index in [1.165, 1.54) is 11.1 Å². The van der Waals surface area contributed by atoms with Crippen molar-refractivity contribution in [2.45, 2.75) is 19.1 Å². The molecule has 2 heterocycles. The second kappa shape index (κ2) is 8.96. The van der Waals surface area contributed by atoms with Crippen molar-refractivity contribution in [2.24, 2.45) is 4.99 Å². The van der Waals surface area contributed by atoms with Crippen molar-refractivity contribution in [1.82, 2.24) is 10.2 Å². The molecular formula is C26H23ClN4OS. The zero-order valence-electron chi connectivity index (χ0n) is 18.2. The average molecular weight is 475 g/mol. The maximum Gasteiger partial charge on any atom is 0.272 e. The molecule has 33 heavy (non-hydrogen) atoms. The molecule has 2 aliphatic rings. The van der Waals surface area contributed by atoms with Gasteiger partial charge in [-0.05, 0) is 48.0 Å². The molecule has 0 saturated heterocycles. The van der Waals surface area contributed by atoms with Crippen molar-refractivity contribution in [3.8, 4) is 0 Å². The van der Waals surface area contributed by atoms with Crippen molar-refractivity contribution in [3.05, 3.63) is 100 Å². The van der Waals surface area contributed by atoms with Gasteiger partial charge in [0.15, 0.2) is 5.11 Å². The summed E-state index contributed by atoms with van der Waals surface area (Å²) in [5, 5.41) is 4.35. The van der Waals surface area contributed by atoms with Gasteiger partial charge < -0.3 is 15.1 Å². The molecule has 1 atom stereocenters. The van der Waals surface area contributed by atoms with Gasteiger partial charge in [0.2, 0.25) is 6.17 Å². The number of nitrogens with zero attached hydrogens (tertiary/aromatic N) is 3. The van der Waals surface area contributed by atoms with Crippen molar-refractivity contribution < 1.29 is 4.79 Å². The second-order valence-corrected chi connectivity index (χ2v) is 9.02. The van der Waals surface area contributed by atoms with Crippen LogP contribution < -0.4 is 10.2 Å². The Morgan fingerprint density at radius 1 is 1.06 bits per heavy atom. The van der Waals surface area contributed by atoms with Crippen LogP contribution in [0.25, 0.3) is 0 Å². The van der Waals surface area contributed by atoms with Crippen LogP contribution in [0.3, 0.4) is 0 Å². The third-order valence-corrected chi connectivity index (χ3v) is 6.73. The monoisotopic (exact) mass is 474 g/mol. The number of halogens is 1. The van der Waals surface area contributed by atoms with Crippen LogP contribution in [0.2, 0.25) is 5.02 Å². The molecule has 0 aliphatic carbocycles. The first-order valence-electron chi connectivity index (χ1n) is 10.8. The topological polar surface area (TPSA) is 47.9 Å². The molecule has 1 unspecified atom stereocenters. The number of nitrogens with one attached hydrogen (secondary N) is 1. The number of benzene rings is 3. The number of hydrogen-bond donors (Lipinski definition) is 1. The number of likely N-dealkylation sites (N-methyl/N-ethyl adjacent to an activating group) is 1. The number of aliphatic imine (C=N–C) groups is 1. The number of amides is 1. The summed E-state index contributed by atoms with van der Waals surface area (Å²) < 4.78 is 0. The molecule has 0 saturated carbocycles. The number of thiocarbonyl (C=S) groups is 1. The van der Waals surface area contributed by atoms with Gasteiger partial charge in [0.05, 0.1) is 11.4 Å². The fourth-order valence-electron chi connectivity index (χ4n) is 4.34.